The lowest BCUT2D eigenvalue weighted by Gasteiger charge is -2.19. The lowest BCUT2D eigenvalue weighted by atomic mass is 9.93. The van der Waals surface area contributed by atoms with Gasteiger partial charge in [0.2, 0.25) is 11.8 Å². The molecule has 2 aromatic rings. The highest BCUT2D eigenvalue weighted by atomic mass is 16.5. The third kappa shape index (κ3) is 3.47. The first-order valence-electron chi connectivity index (χ1n) is 8.37. The molecule has 0 bridgehead atoms. The fraction of sp³-hybridized carbons (Fsp3) is 0.706. The van der Waals surface area contributed by atoms with E-state index in [4.69, 9.17) is 8.94 Å². The van der Waals surface area contributed by atoms with Gasteiger partial charge in [0.25, 0.3) is 0 Å². The molecule has 0 saturated carbocycles. The summed E-state index contributed by atoms with van der Waals surface area (Å²) >= 11 is 0. The molecule has 6 nitrogen and oxygen atoms in total. The Hall–Kier alpha value is -1.69. The van der Waals surface area contributed by atoms with Gasteiger partial charge in [0.1, 0.15) is 6.26 Å². The van der Waals surface area contributed by atoms with Crippen LogP contribution in [0.15, 0.2) is 15.2 Å². The van der Waals surface area contributed by atoms with Crippen molar-refractivity contribution in [2.24, 2.45) is 0 Å². The van der Waals surface area contributed by atoms with Crippen molar-refractivity contribution in [2.45, 2.75) is 71.4 Å². The van der Waals surface area contributed by atoms with Gasteiger partial charge in [-0.3, -0.25) is 4.90 Å². The summed E-state index contributed by atoms with van der Waals surface area (Å²) in [5.74, 6) is 2.51. The van der Waals surface area contributed by atoms with Crippen LogP contribution in [0.1, 0.15) is 82.7 Å². The second-order valence-corrected chi connectivity index (χ2v) is 7.65. The van der Waals surface area contributed by atoms with Crippen LogP contribution in [0, 0.1) is 0 Å². The molecule has 6 heteroatoms. The van der Waals surface area contributed by atoms with Gasteiger partial charge in [-0.2, -0.15) is 4.98 Å². The summed E-state index contributed by atoms with van der Waals surface area (Å²) in [4.78, 5) is 11.5. The average molecular weight is 318 g/mol. The van der Waals surface area contributed by atoms with E-state index in [0.717, 1.165) is 36.8 Å². The van der Waals surface area contributed by atoms with Gasteiger partial charge in [-0.05, 0) is 19.4 Å². The van der Waals surface area contributed by atoms with Crippen molar-refractivity contribution < 1.29 is 8.94 Å². The average Bonchev–Trinajstić information content (AvgIpc) is 3.17. The smallest absolute Gasteiger partial charge is 0.229 e. The van der Waals surface area contributed by atoms with Crippen LogP contribution in [0.25, 0.3) is 0 Å². The first-order valence-corrected chi connectivity index (χ1v) is 8.37. The Morgan fingerprint density at radius 3 is 2.70 bits per heavy atom. The zero-order valence-corrected chi connectivity index (χ0v) is 14.7. The molecule has 0 radical (unpaired) electrons. The Kier molecular flexibility index (Phi) is 4.27. The quantitative estimate of drug-likeness (QED) is 0.853. The molecule has 1 aliphatic heterocycles. The van der Waals surface area contributed by atoms with Gasteiger partial charge in [-0.25, -0.2) is 4.98 Å². The highest BCUT2D eigenvalue weighted by Crippen LogP contribution is 2.32. The number of hydrogen-bond donors (Lipinski definition) is 0. The molecular formula is C17H26N4O2. The van der Waals surface area contributed by atoms with Crippen molar-refractivity contribution in [3.8, 4) is 0 Å². The second-order valence-electron chi connectivity index (χ2n) is 7.65. The van der Waals surface area contributed by atoms with E-state index in [0.29, 0.717) is 12.4 Å². The highest BCUT2D eigenvalue weighted by Gasteiger charge is 2.31. The van der Waals surface area contributed by atoms with E-state index in [1.807, 2.05) is 0 Å². The van der Waals surface area contributed by atoms with Crippen molar-refractivity contribution in [2.75, 3.05) is 6.54 Å². The van der Waals surface area contributed by atoms with Crippen LogP contribution in [-0.2, 0) is 12.0 Å². The Morgan fingerprint density at radius 1 is 1.30 bits per heavy atom. The van der Waals surface area contributed by atoms with E-state index >= 15 is 0 Å². The topological polar surface area (TPSA) is 68.2 Å². The van der Waals surface area contributed by atoms with Gasteiger partial charge in [-0.1, -0.05) is 39.8 Å². The molecule has 1 aliphatic rings. The number of nitrogens with zero attached hydrogens (tertiary/aromatic N) is 4. The van der Waals surface area contributed by atoms with Crippen molar-refractivity contribution in [3.63, 3.8) is 0 Å². The van der Waals surface area contributed by atoms with Gasteiger partial charge in [0.15, 0.2) is 5.82 Å². The van der Waals surface area contributed by atoms with Crippen LogP contribution in [-0.4, -0.2) is 26.6 Å². The molecule has 1 saturated heterocycles. The zero-order chi connectivity index (χ0) is 16.6. The molecule has 23 heavy (non-hydrogen) atoms. The molecular weight excluding hydrogens is 292 g/mol. The number of rotatable bonds is 4. The fourth-order valence-electron chi connectivity index (χ4n) is 2.83. The predicted molar refractivity (Wildman–Crippen MR) is 86.0 cm³/mol. The maximum absolute atomic E-state index is 5.66. The monoisotopic (exact) mass is 318 g/mol. The maximum Gasteiger partial charge on any atom is 0.229 e. The molecule has 3 rings (SSSR count). The number of oxazole rings is 1. The lowest BCUT2D eigenvalue weighted by Crippen LogP contribution is -2.24. The van der Waals surface area contributed by atoms with Crippen molar-refractivity contribution in [1.82, 2.24) is 20.0 Å². The van der Waals surface area contributed by atoms with E-state index < -0.39 is 0 Å². The van der Waals surface area contributed by atoms with Gasteiger partial charge < -0.3 is 8.94 Å². The van der Waals surface area contributed by atoms with Crippen LogP contribution >= 0.6 is 0 Å². The summed E-state index contributed by atoms with van der Waals surface area (Å²) in [6.07, 6.45) is 3.94. The van der Waals surface area contributed by atoms with E-state index in [1.54, 1.807) is 6.26 Å². The zero-order valence-electron chi connectivity index (χ0n) is 14.7. The minimum absolute atomic E-state index is 0.00595. The van der Waals surface area contributed by atoms with Gasteiger partial charge in [0, 0.05) is 11.3 Å². The molecule has 1 fully saturated rings. The molecule has 0 aliphatic carbocycles. The summed E-state index contributed by atoms with van der Waals surface area (Å²) in [6.45, 7) is 12.2. The summed E-state index contributed by atoms with van der Waals surface area (Å²) in [6, 6.07) is 0.191. The number of likely N-dealkylation sites (tertiary alicyclic amines) is 1. The largest absolute Gasteiger partial charge is 0.447 e. The van der Waals surface area contributed by atoms with E-state index in [-0.39, 0.29) is 17.4 Å². The van der Waals surface area contributed by atoms with Gasteiger partial charge in [0.05, 0.1) is 18.3 Å². The summed E-state index contributed by atoms with van der Waals surface area (Å²) in [7, 11) is 0. The highest BCUT2D eigenvalue weighted by molar-refractivity contribution is 5.09. The van der Waals surface area contributed by atoms with Crippen LogP contribution in [0.2, 0.25) is 0 Å². The molecule has 0 spiro atoms. The Morgan fingerprint density at radius 2 is 2.09 bits per heavy atom. The third-order valence-electron chi connectivity index (χ3n) is 4.27. The molecule has 2 aromatic heterocycles. The molecule has 0 aromatic carbocycles. The molecule has 1 unspecified atom stereocenters. The Balaban J connectivity index is 1.72. The number of aromatic nitrogens is 3. The van der Waals surface area contributed by atoms with E-state index in [9.17, 15) is 0 Å². The molecule has 0 N–H and O–H groups in total. The fourth-order valence-corrected chi connectivity index (χ4v) is 2.83. The minimum Gasteiger partial charge on any atom is -0.447 e. The summed E-state index contributed by atoms with van der Waals surface area (Å²) in [5, 5.41) is 4.18. The second kappa shape index (κ2) is 6.07. The standard InChI is InChI=1S/C17H26N4O2/c1-11(2)16-19-15(20-23-16)12-7-6-8-21(12)9-14-18-13(10-22-14)17(3,4)5/h10-12H,6-9H2,1-5H3. The predicted octanol–water partition coefficient (Wildman–Crippen LogP) is 3.82. The van der Waals surface area contributed by atoms with Crippen molar-refractivity contribution >= 4 is 0 Å². The van der Waals surface area contributed by atoms with Gasteiger partial charge in [-0.15, -0.1) is 0 Å². The van der Waals surface area contributed by atoms with E-state index in [2.05, 4.69) is 54.6 Å². The van der Waals surface area contributed by atoms with Crippen molar-refractivity contribution in [1.29, 1.82) is 0 Å². The van der Waals surface area contributed by atoms with Crippen LogP contribution in [0.4, 0.5) is 0 Å². The lowest BCUT2D eigenvalue weighted by molar-refractivity contribution is 0.212. The summed E-state index contributed by atoms with van der Waals surface area (Å²) < 4.78 is 11.0. The molecule has 1 atom stereocenters. The van der Waals surface area contributed by atoms with E-state index in [1.165, 1.54) is 0 Å². The minimum atomic E-state index is 0.00595. The molecule has 3 heterocycles. The van der Waals surface area contributed by atoms with Crippen LogP contribution < -0.4 is 0 Å². The normalized spacial score (nSPS) is 19.8. The van der Waals surface area contributed by atoms with Gasteiger partial charge >= 0.3 is 0 Å². The molecule has 0 amide bonds. The third-order valence-corrected chi connectivity index (χ3v) is 4.27. The summed E-state index contributed by atoms with van der Waals surface area (Å²) in [5.41, 5.74) is 0.997. The first-order chi connectivity index (χ1) is 10.8. The molecule has 126 valence electrons. The van der Waals surface area contributed by atoms with Crippen LogP contribution in [0.3, 0.4) is 0 Å². The SMILES string of the molecule is CC(C)c1nc(C2CCCN2Cc2nc(C(C)(C)C)co2)no1. The maximum atomic E-state index is 5.66. The Bertz CT molecular complexity index is 654. The first kappa shape index (κ1) is 16.2. The van der Waals surface area contributed by atoms with Crippen LogP contribution in [0.5, 0.6) is 0 Å². The Labute approximate surface area is 137 Å². The van der Waals surface area contributed by atoms with Crippen molar-refractivity contribution in [3.05, 3.63) is 29.6 Å². The number of hydrogen-bond acceptors (Lipinski definition) is 6.